The Labute approximate surface area is 181 Å². The summed E-state index contributed by atoms with van der Waals surface area (Å²) in [7, 11) is -0.638. The van der Waals surface area contributed by atoms with Gasteiger partial charge in [-0.05, 0) is 48.0 Å². The van der Waals surface area contributed by atoms with Gasteiger partial charge in [0.1, 0.15) is 19.0 Å². The first-order valence-corrected chi connectivity index (χ1v) is 11.0. The molecule has 2 aromatic carbocycles. The van der Waals surface area contributed by atoms with Crippen molar-refractivity contribution >= 4 is 22.0 Å². The van der Waals surface area contributed by atoms with Crippen molar-refractivity contribution in [3.05, 3.63) is 48.0 Å². The fourth-order valence-corrected chi connectivity index (χ4v) is 3.86. The molecule has 1 aliphatic heterocycles. The van der Waals surface area contributed by atoms with Crippen molar-refractivity contribution in [2.75, 3.05) is 40.5 Å². The molecule has 31 heavy (non-hydrogen) atoms. The highest BCUT2D eigenvalue weighted by Gasteiger charge is 2.18. The number of amides is 1. The smallest absolute Gasteiger partial charge is 0.244 e. The van der Waals surface area contributed by atoms with Crippen LogP contribution < -0.4 is 29.0 Å². The molecule has 1 heterocycles. The molecular weight excluding hydrogens is 424 g/mol. The number of carbonyl (C=O) groups is 1. The van der Waals surface area contributed by atoms with Crippen LogP contribution in [-0.2, 0) is 14.8 Å². The van der Waals surface area contributed by atoms with E-state index >= 15 is 0 Å². The minimum atomic E-state index is -3.67. The lowest BCUT2D eigenvalue weighted by molar-refractivity contribution is -0.116. The summed E-state index contributed by atoms with van der Waals surface area (Å²) >= 11 is 0. The van der Waals surface area contributed by atoms with Crippen LogP contribution in [0.25, 0.3) is 6.08 Å². The molecule has 2 aromatic rings. The molecule has 9 nitrogen and oxygen atoms in total. The first-order chi connectivity index (χ1) is 14.9. The highest BCUT2D eigenvalue weighted by atomic mass is 32.2. The Hall–Kier alpha value is -3.24. The third-order valence-corrected chi connectivity index (χ3v) is 5.84. The predicted molar refractivity (Wildman–Crippen MR) is 114 cm³/mol. The summed E-state index contributed by atoms with van der Waals surface area (Å²) in [5, 5.41) is 2.63. The summed E-state index contributed by atoms with van der Waals surface area (Å²) < 4.78 is 48.4. The first kappa shape index (κ1) is 22.4. The van der Waals surface area contributed by atoms with Gasteiger partial charge in [-0.1, -0.05) is 0 Å². The molecule has 0 aliphatic carbocycles. The van der Waals surface area contributed by atoms with Crippen molar-refractivity contribution in [3.8, 4) is 23.0 Å². The Bertz CT molecular complexity index is 1030. The van der Waals surface area contributed by atoms with Crippen molar-refractivity contribution in [2.45, 2.75) is 4.90 Å². The first-order valence-electron chi connectivity index (χ1n) is 9.50. The summed E-state index contributed by atoms with van der Waals surface area (Å²) in [5.74, 6) is 1.81. The summed E-state index contributed by atoms with van der Waals surface area (Å²) in [5.41, 5.74) is 0.705. The van der Waals surface area contributed by atoms with E-state index in [-0.39, 0.29) is 23.9 Å². The zero-order chi connectivity index (χ0) is 22.3. The van der Waals surface area contributed by atoms with Crippen LogP contribution in [0.2, 0.25) is 0 Å². The molecule has 1 amide bonds. The maximum atomic E-state index is 12.3. The molecule has 3 rings (SSSR count). The zero-order valence-corrected chi connectivity index (χ0v) is 18.0. The van der Waals surface area contributed by atoms with Crippen LogP contribution in [0.3, 0.4) is 0 Å². The molecule has 0 saturated carbocycles. The highest BCUT2D eigenvalue weighted by Crippen LogP contribution is 2.40. The van der Waals surface area contributed by atoms with Crippen LogP contribution >= 0.6 is 0 Å². The van der Waals surface area contributed by atoms with E-state index in [0.717, 1.165) is 0 Å². The zero-order valence-electron chi connectivity index (χ0n) is 17.2. The quantitative estimate of drug-likeness (QED) is 0.442. The van der Waals surface area contributed by atoms with Crippen LogP contribution in [-0.4, -0.2) is 54.8 Å². The van der Waals surface area contributed by atoms with Gasteiger partial charge in [-0.2, -0.15) is 0 Å². The van der Waals surface area contributed by atoms with Crippen LogP contribution in [0.15, 0.2) is 47.4 Å². The monoisotopic (exact) mass is 448 g/mol. The molecule has 0 saturated heterocycles. The van der Waals surface area contributed by atoms with Gasteiger partial charge in [0.05, 0.1) is 19.1 Å². The minimum Gasteiger partial charge on any atom is -0.497 e. The van der Waals surface area contributed by atoms with Gasteiger partial charge in [0.25, 0.3) is 0 Å². The molecule has 1 aliphatic rings. The number of hydrogen-bond acceptors (Lipinski definition) is 7. The van der Waals surface area contributed by atoms with E-state index < -0.39 is 10.0 Å². The molecule has 0 fully saturated rings. The number of methoxy groups -OCH3 is 2. The molecule has 0 radical (unpaired) electrons. The molecule has 10 heteroatoms. The average Bonchev–Trinajstić information content (AvgIpc) is 2.80. The fraction of sp³-hybridized carbons (Fsp3) is 0.286. The van der Waals surface area contributed by atoms with Crippen molar-refractivity contribution < 1.29 is 32.2 Å². The van der Waals surface area contributed by atoms with Gasteiger partial charge in [0.2, 0.25) is 21.7 Å². The average molecular weight is 448 g/mol. The number of ether oxygens (including phenoxy) is 4. The van der Waals surface area contributed by atoms with E-state index in [9.17, 15) is 13.2 Å². The number of sulfonamides is 1. The SMILES string of the molecule is COc1ccc(S(=O)(=O)NCCNC(=O)/C=C/c2cc(OC)c3c(c2)OCCO3)cc1. The second-order valence-electron chi connectivity index (χ2n) is 6.45. The Kier molecular flexibility index (Phi) is 7.37. The van der Waals surface area contributed by atoms with Crippen molar-refractivity contribution in [1.82, 2.24) is 10.0 Å². The number of benzene rings is 2. The molecule has 2 N–H and O–H groups in total. The lowest BCUT2D eigenvalue weighted by Gasteiger charge is -2.20. The third kappa shape index (κ3) is 5.89. The fourth-order valence-electron chi connectivity index (χ4n) is 2.83. The highest BCUT2D eigenvalue weighted by molar-refractivity contribution is 7.89. The maximum Gasteiger partial charge on any atom is 0.244 e. The van der Waals surface area contributed by atoms with Gasteiger partial charge in [-0.3, -0.25) is 4.79 Å². The van der Waals surface area contributed by atoms with Gasteiger partial charge >= 0.3 is 0 Å². The van der Waals surface area contributed by atoms with E-state index in [0.29, 0.717) is 41.8 Å². The summed E-state index contributed by atoms with van der Waals surface area (Å²) in [6.07, 6.45) is 2.96. The molecule has 0 aromatic heterocycles. The molecule has 0 unspecified atom stereocenters. The number of carbonyl (C=O) groups excluding carboxylic acids is 1. The number of hydrogen-bond donors (Lipinski definition) is 2. The van der Waals surface area contributed by atoms with E-state index in [1.54, 1.807) is 30.3 Å². The Morgan fingerprint density at radius 3 is 2.52 bits per heavy atom. The van der Waals surface area contributed by atoms with Crippen molar-refractivity contribution in [2.24, 2.45) is 0 Å². The topological polar surface area (TPSA) is 112 Å². The predicted octanol–water partition coefficient (Wildman–Crippen LogP) is 1.58. The van der Waals surface area contributed by atoms with E-state index in [1.807, 2.05) is 0 Å². The van der Waals surface area contributed by atoms with Gasteiger partial charge in [-0.15, -0.1) is 0 Å². The Morgan fingerprint density at radius 1 is 1.06 bits per heavy atom. The van der Waals surface area contributed by atoms with Crippen LogP contribution in [0.4, 0.5) is 0 Å². The summed E-state index contributed by atoms with van der Waals surface area (Å²) in [4.78, 5) is 12.2. The molecule has 166 valence electrons. The lowest BCUT2D eigenvalue weighted by Crippen LogP contribution is -2.34. The normalized spacial score (nSPS) is 13.1. The third-order valence-electron chi connectivity index (χ3n) is 4.36. The number of nitrogens with one attached hydrogen (secondary N) is 2. The molecule has 0 bridgehead atoms. The number of fused-ring (bicyclic) bond motifs is 1. The van der Waals surface area contributed by atoms with Gasteiger partial charge in [-0.25, -0.2) is 13.1 Å². The number of rotatable bonds is 9. The molecular formula is C21H24N2O7S. The summed E-state index contributed by atoms with van der Waals surface area (Å²) in [6.45, 7) is 1.06. The largest absolute Gasteiger partial charge is 0.497 e. The maximum absolute atomic E-state index is 12.3. The van der Waals surface area contributed by atoms with E-state index in [1.165, 1.54) is 32.4 Å². The van der Waals surface area contributed by atoms with Crippen LogP contribution in [0.1, 0.15) is 5.56 Å². The van der Waals surface area contributed by atoms with Crippen LogP contribution in [0, 0.1) is 0 Å². The Balaban J connectivity index is 1.50. The van der Waals surface area contributed by atoms with Crippen molar-refractivity contribution in [3.63, 3.8) is 0 Å². The molecule has 0 atom stereocenters. The molecule has 0 spiro atoms. The minimum absolute atomic E-state index is 0.0474. The lowest BCUT2D eigenvalue weighted by atomic mass is 10.1. The standard InChI is InChI=1S/C21H24N2O7S/c1-27-16-4-6-17(7-5-16)31(25,26)23-10-9-22-20(24)8-3-15-13-18(28-2)21-19(14-15)29-11-12-30-21/h3-8,13-14,23H,9-12H2,1-2H3,(H,22,24)/b8-3+. The van der Waals surface area contributed by atoms with E-state index in [4.69, 9.17) is 18.9 Å². The van der Waals surface area contributed by atoms with Gasteiger partial charge in [0.15, 0.2) is 11.5 Å². The van der Waals surface area contributed by atoms with E-state index in [2.05, 4.69) is 10.0 Å². The summed E-state index contributed by atoms with van der Waals surface area (Å²) in [6, 6.07) is 9.51. The van der Waals surface area contributed by atoms with Gasteiger partial charge in [0, 0.05) is 19.2 Å². The van der Waals surface area contributed by atoms with Crippen LogP contribution in [0.5, 0.6) is 23.0 Å². The van der Waals surface area contributed by atoms with Gasteiger partial charge < -0.3 is 24.3 Å². The Morgan fingerprint density at radius 2 is 1.81 bits per heavy atom. The second-order valence-corrected chi connectivity index (χ2v) is 8.21. The van der Waals surface area contributed by atoms with Crippen molar-refractivity contribution in [1.29, 1.82) is 0 Å². The second kappa shape index (κ2) is 10.2.